The molecule has 0 aliphatic carbocycles. The molecule has 90 valence electrons. The Morgan fingerprint density at radius 2 is 2.22 bits per heavy atom. The van der Waals surface area contributed by atoms with Crippen LogP contribution in [-0.2, 0) is 14.3 Å². The second kappa shape index (κ2) is 7.93. The Hall–Kier alpha value is -1.28. The first-order valence-corrected chi connectivity index (χ1v) is 5.14. The summed E-state index contributed by atoms with van der Waals surface area (Å²) in [6, 6.07) is 2.70. The van der Waals surface area contributed by atoms with Crippen LogP contribution in [0.5, 0.6) is 0 Å². The van der Waals surface area contributed by atoms with E-state index in [-0.39, 0.29) is 36.2 Å². The molecule has 0 radical (unpaired) electrons. The number of rotatable bonds is 4. The van der Waals surface area contributed by atoms with E-state index in [0.29, 0.717) is 6.08 Å². The maximum atomic E-state index is 11.5. The molecule has 0 unspecified atom stereocenters. The van der Waals surface area contributed by atoms with Crippen molar-refractivity contribution in [3.63, 3.8) is 0 Å². The number of hydrogen-bond acceptors (Lipinski definition) is 5. The predicted octanol–water partition coefficient (Wildman–Crippen LogP) is -2.43. The van der Waals surface area contributed by atoms with Gasteiger partial charge in [-0.15, -0.1) is 0 Å². The quantitative estimate of drug-likeness (QED) is 0.150. The summed E-state index contributed by atoms with van der Waals surface area (Å²) in [5, 5.41) is 11.7. The molecule has 0 saturated heterocycles. The van der Waals surface area contributed by atoms with Crippen LogP contribution in [0.2, 0.25) is 5.15 Å². The average molecular weight is 262 g/mol. The smallest absolute Gasteiger partial charge is 0.872 e. The number of hydrogen-bond donors (Lipinski definition) is 0. The first kappa shape index (κ1) is 16.7. The molecule has 0 fully saturated rings. The van der Waals surface area contributed by atoms with Gasteiger partial charge in [0.15, 0.2) is 0 Å². The van der Waals surface area contributed by atoms with Gasteiger partial charge < -0.3 is 9.84 Å². The van der Waals surface area contributed by atoms with Crippen LogP contribution in [0, 0.1) is 0 Å². The number of halogens is 1. The zero-order valence-corrected chi connectivity index (χ0v) is 10.7. The van der Waals surface area contributed by atoms with E-state index in [1.807, 2.05) is 0 Å². The van der Waals surface area contributed by atoms with E-state index in [9.17, 15) is 14.7 Å². The van der Waals surface area contributed by atoms with Crippen molar-refractivity contribution in [1.82, 2.24) is 4.98 Å². The summed E-state index contributed by atoms with van der Waals surface area (Å²) in [6.07, 6.45) is 2.00. The SMILES string of the molecule is CCOC(=O)C(=O)/C=C(\[O-])c1ccnc(Cl)c1.[Li+]. The van der Waals surface area contributed by atoms with E-state index >= 15 is 0 Å². The molecule has 0 spiro atoms. The van der Waals surface area contributed by atoms with Gasteiger partial charge in [0.25, 0.3) is 5.78 Å². The van der Waals surface area contributed by atoms with Crippen LogP contribution in [0.4, 0.5) is 0 Å². The van der Waals surface area contributed by atoms with Gasteiger partial charge in [-0.3, -0.25) is 4.79 Å². The first-order valence-electron chi connectivity index (χ1n) is 4.76. The Morgan fingerprint density at radius 1 is 1.56 bits per heavy atom. The molecule has 18 heavy (non-hydrogen) atoms. The van der Waals surface area contributed by atoms with Crippen LogP contribution >= 0.6 is 11.6 Å². The first-order chi connectivity index (χ1) is 8.04. The number of carbonyl (C=O) groups excluding carboxylic acids is 2. The Bertz CT molecular complexity index is 476. The van der Waals surface area contributed by atoms with Gasteiger partial charge in [-0.2, -0.15) is 0 Å². The molecule has 0 N–H and O–H groups in total. The summed E-state index contributed by atoms with van der Waals surface area (Å²) >= 11 is 5.58. The Kier molecular flexibility index (Phi) is 7.37. The normalized spacial score (nSPS) is 10.4. The molecule has 0 atom stereocenters. The molecule has 1 aromatic heterocycles. The monoisotopic (exact) mass is 261 g/mol. The van der Waals surface area contributed by atoms with Gasteiger partial charge in [-0.1, -0.05) is 17.4 Å². The van der Waals surface area contributed by atoms with E-state index in [1.54, 1.807) is 6.92 Å². The van der Waals surface area contributed by atoms with Crippen LogP contribution in [0.25, 0.3) is 5.76 Å². The van der Waals surface area contributed by atoms with Crippen molar-refractivity contribution in [2.45, 2.75) is 6.92 Å². The third-order valence-corrected chi connectivity index (χ3v) is 1.96. The molecule has 0 aliphatic heterocycles. The zero-order chi connectivity index (χ0) is 12.8. The maximum absolute atomic E-state index is 11.5. The second-order valence-corrected chi connectivity index (χ2v) is 3.35. The van der Waals surface area contributed by atoms with E-state index in [0.717, 1.165) is 0 Å². The van der Waals surface area contributed by atoms with Gasteiger partial charge in [-0.05, 0) is 30.7 Å². The summed E-state index contributed by atoms with van der Waals surface area (Å²) < 4.78 is 4.45. The summed E-state index contributed by atoms with van der Waals surface area (Å²) in [5.74, 6) is -2.67. The second-order valence-electron chi connectivity index (χ2n) is 2.96. The number of pyridine rings is 1. The summed E-state index contributed by atoms with van der Waals surface area (Å²) in [5.41, 5.74) is 0.183. The van der Waals surface area contributed by atoms with Crippen molar-refractivity contribution >= 4 is 29.1 Å². The van der Waals surface area contributed by atoms with E-state index in [1.165, 1.54) is 18.3 Å². The molecule has 0 amide bonds. The molecule has 5 nitrogen and oxygen atoms in total. The fraction of sp³-hybridized carbons (Fsp3) is 0.182. The third-order valence-electron chi connectivity index (χ3n) is 1.75. The average Bonchev–Trinajstić information content (AvgIpc) is 2.29. The van der Waals surface area contributed by atoms with E-state index in [2.05, 4.69) is 9.72 Å². The van der Waals surface area contributed by atoms with Crippen LogP contribution in [0.3, 0.4) is 0 Å². The summed E-state index contributed by atoms with van der Waals surface area (Å²) in [7, 11) is 0. The largest absolute Gasteiger partial charge is 1.00 e. The molecule has 0 aromatic carbocycles. The van der Waals surface area contributed by atoms with Crippen molar-refractivity contribution in [2.75, 3.05) is 6.61 Å². The van der Waals surface area contributed by atoms with Crippen LogP contribution in [0.15, 0.2) is 24.4 Å². The van der Waals surface area contributed by atoms with Gasteiger partial charge in [0.1, 0.15) is 5.15 Å². The molecule has 1 heterocycles. The summed E-state index contributed by atoms with van der Waals surface area (Å²) in [4.78, 5) is 25.9. The van der Waals surface area contributed by atoms with Gasteiger partial charge in [0.05, 0.1) is 6.61 Å². The minimum absolute atomic E-state index is 0. The van der Waals surface area contributed by atoms with Gasteiger partial charge >= 0.3 is 24.8 Å². The number of aromatic nitrogens is 1. The molecule has 0 bridgehead atoms. The van der Waals surface area contributed by atoms with Crippen molar-refractivity contribution < 1.29 is 38.3 Å². The predicted molar refractivity (Wildman–Crippen MR) is 58.9 cm³/mol. The van der Waals surface area contributed by atoms with Crippen molar-refractivity contribution in [3.05, 3.63) is 35.1 Å². The number of esters is 1. The Morgan fingerprint density at radius 3 is 2.78 bits per heavy atom. The van der Waals surface area contributed by atoms with Gasteiger partial charge in [-0.25, -0.2) is 9.78 Å². The molecule has 1 aromatic rings. The Labute approximate surface area is 121 Å². The molecule has 7 heteroatoms. The van der Waals surface area contributed by atoms with E-state index in [4.69, 9.17) is 11.6 Å². The maximum Gasteiger partial charge on any atom is 1.00 e. The third kappa shape index (κ3) is 4.92. The molecule has 0 aliphatic rings. The van der Waals surface area contributed by atoms with Crippen molar-refractivity contribution in [1.29, 1.82) is 0 Å². The fourth-order valence-corrected chi connectivity index (χ4v) is 1.19. The molecule has 0 saturated carbocycles. The fourth-order valence-electron chi connectivity index (χ4n) is 1.02. The van der Waals surface area contributed by atoms with Crippen molar-refractivity contribution in [3.8, 4) is 0 Å². The van der Waals surface area contributed by atoms with E-state index < -0.39 is 17.5 Å². The van der Waals surface area contributed by atoms with Gasteiger partial charge in [0, 0.05) is 6.20 Å². The summed E-state index contributed by atoms with van der Waals surface area (Å²) in [6.45, 7) is 1.64. The van der Waals surface area contributed by atoms with Crippen molar-refractivity contribution in [2.24, 2.45) is 0 Å². The van der Waals surface area contributed by atoms with Gasteiger partial charge in [0.2, 0.25) is 0 Å². The molecular formula is C11H9ClLiNO4. The molecule has 1 rings (SSSR count). The number of ketones is 1. The van der Waals surface area contributed by atoms with Crippen LogP contribution < -0.4 is 24.0 Å². The number of carbonyl (C=O) groups is 2. The van der Waals surface area contributed by atoms with Crippen LogP contribution in [-0.4, -0.2) is 23.3 Å². The minimum Gasteiger partial charge on any atom is -0.872 e. The minimum atomic E-state index is -1.05. The van der Waals surface area contributed by atoms with Crippen LogP contribution in [0.1, 0.15) is 12.5 Å². The topological polar surface area (TPSA) is 79.3 Å². The number of nitrogens with zero attached hydrogens (tertiary/aromatic N) is 1. The Balaban J connectivity index is 0.00000289. The molecular weight excluding hydrogens is 253 g/mol. The zero-order valence-electron chi connectivity index (χ0n) is 9.97. The number of ether oxygens (including phenoxy) is 1. The standard InChI is InChI=1S/C11H10ClNO4.Li/c1-2-17-11(16)9(15)6-8(14)7-3-4-13-10(12)5-7;/h3-6,14H,2H2,1H3;/q;+1/p-1/b8-6-;.